The Hall–Kier alpha value is -2.89. The number of rotatable bonds is 3. The molecular weight excluding hydrogens is 304 g/mol. The Morgan fingerprint density at radius 3 is 2.62 bits per heavy atom. The molecule has 1 N–H and O–H groups in total. The van der Waals surface area contributed by atoms with Crippen molar-refractivity contribution in [2.45, 2.75) is 33.2 Å². The van der Waals surface area contributed by atoms with Crippen LogP contribution in [-0.4, -0.2) is 26.2 Å². The zero-order valence-corrected chi connectivity index (χ0v) is 14.2. The number of furan rings is 1. The second-order valence-electron chi connectivity index (χ2n) is 6.69. The number of hydrogen-bond donors (Lipinski definition) is 1. The maximum Gasteiger partial charge on any atom is 0.291 e. The Labute approximate surface area is 140 Å². The lowest BCUT2D eigenvalue weighted by Gasteiger charge is -2.18. The van der Waals surface area contributed by atoms with Crippen LogP contribution in [0.3, 0.4) is 0 Å². The zero-order valence-electron chi connectivity index (χ0n) is 14.2. The number of benzene rings is 1. The number of nitrogens with zero attached hydrogens (tertiary/aromatic N) is 3. The van der Waals surface area contributed by atoms with Crippen LogP contribution >= 0.6 is 0 Å². The largest absolute Gasteiger partial charge is 0.461 e. The Morgan fingerprint density at radius 1 is 1.21 bits per heavy atom. The van der Waals surface area contributed by atoms with E-state index in [1.54, 1.807) is 23.1 Å². The molecule has 0 unspecified atom stereocenters. The molecule has 1 aromatic carbocycles. The average molecular weight is 324 g/mol. The third kappa shape index (κ3) is 3.37. The van der Waals surface area contributed by atoms with Crippen molar-refractivity contribution in [2.24, 2.45) is 0 Å². The summed E-state index contributed by atoms with van der Waals surface area (Å²) >= 11 is 0. The summed E-state index contributed by atoms with van der Waals surface area (Å²) in [6.07, 6.45) is 1.57. The summed E-state index contributed by atoms with van der Waals surface area (Å²) in [5, 5.41) is 7.27. The van der Waals surface area contributed by atoms with Crippen LogP contribution in [-0.2, 0) is 0 Å². The molecule has 1 amide bonds. The minimum absolute atomic E-state index is 0.109. The van der Waals surface area contributed by atoms with Gasteiger partial charge in [-0.15, -0.1) is 5.10 Å². The molecule has 3 rings (SSSR count). The summed E-state index contributed by atoms with van der Waals surface area (Å²) in [5.41, 5.74) is 1.55. The van der Waals surface area contributed by atoms with Crippen LogP contribution in [0.4, 0.5) is 0 Å². The summed E-state index contributed by atoms with van der Waals surface area (Å²) in [7, 11) is 0. The van der Waals surface area contributed by atoms with Crippen LogP contribution in [0.1, 0.15) is 37.0 Å². The molecule has 0 spiro atoms. The van der Waals surface area contributed by atoms with Crippen LogP contribution in [0.15, 0.2) is 47.1 Å². The average Bonchev–Trinajstić information content (AvgIpc) is 3.15. The predicted molar refractivity (Wildman–Crippen MR) is 91.0 cm³/mol. The van der Waals surface area contributed by atoms with Crippen molar-refractivity contribution >= 4 is 5.91 Å². The number of carbonyl (C=O) groups is 1. The first-order chi connectivity index (χ1) is 11.3. The SMILES string of the molecule is Cc1cccc(-n2nc(C(=O)NC(C)(C)C)nc2-c2ccco2)c1. The lowest BCUT2D eigenvalue weighted by molar-refractivity contribution is 0.0909. The lowest BCUT2D eigenvalue weighted by Crippen LogP contribution is -2.41. The van der Waals surface area contributed by atoms with Crippen LogP contribution < -0.4 is 5.32 Å². The van der Waals surface area contributed by atoms with E-state index in [-0.39, 0.29) is 17.3 Å². The molecule has 0 saturated heterocycles. The summed E-state index contributed by atoms with van der Waals surface area (Å²) in [4.78, 5) is 16.8. The van der Waals surface area contributed by atoms with Gasteiger partial charge in [0.15, 0.2) is 11.6 Å². The third-order valence-corrected chi connectivity index (χ3v) is 3.29. The minimum Gasteiger partial charge on any atom is -0.461 e. The van der Waals surface area contributed by atoms with E-state index in [1.807, 2.05) is 52.0 Å². The van der Waals surface area contributed by atoms with E-state index in [2.05, 4.69) is 15.4 Å². The fourth-order valence-corrected chi connectivity index (χ4v) is 2.31. The quantitative estimate of drug-likeness (QED) is 0.802. The first-order valence-corrected chi connectivity index (χ1v) is 7.74. The van der Waals surface area contributed by atoms with Crippen molar-refractivity contribution < 1.29 is 9.21 Å². The number of carbonyl (C=O) groups excluding carboxylic acids is 1. The highest BCUT2D eigenvalue weighted by atomic mass is 16.3. The van der Waals surface area contributed by atoms with Gasteiger partial charge < -0.3 is 9.73 Å². The first-order valence-electron chi connectivity index (χ1n) is 7.74. The van der Waals surface area contributed by atoms with E-state index in [0.29, 0.717) is 11.6 Å². The van der Waals surface area contributed by atoms with Gasteiger partial charge in [-0.2, -0.15) is 4.98 Å². The van der Waals surface area contributed by atoms with Gasteiger partial charge in [0.2, 0.25) is 5.82 Å². The predicted octanol–water partition coefficient (Wildman–Crippen LogP) is 3.36. The van der Waals surface area contributed by atoms with Crippen molar-refractivity contribution in [2.75, 3.05) is 0 Å². The maximum atomic E-state index is 12.4. The first kappa shape index (κ1) is 16.0. The van der Waals surface area contributed by atoms with Crippen molar-refractivity contribution in [3.8, 4) is 17.3 Å². The zero-order chi connectivity index (χ0) is 17.3. The molecule has 0 atom stereocenters. The van der Waals surface area contributed by atoms with Gasteiger partial charge in [-0.25, -0.2) is 4.68 Å². The van der Waals surface area contributed by atoms with Gasteiger partial charge in [-0.3, -0.25) is 4.79 Å². The minimum atomic E-state index is -0.364. The van der Waals surface area contributed by atoms with Crippen molar-refractivity contribution in [1.82, 2.24) is 20.1 Å². The fraction of sp³-hybridized carbons (Fsp3) is 0.278. The molecule has 0 aliphatic carbocycles. The van der Waals surface area contributed by atoms with E-state index < -0.39 is 0 Å². The van der Waals surface area contributed by atoms with Gasteiger partial charge in [0.25, 0.3) is 5.91 Å². The van der Waals surface area contributed by atoms with Crippen molar-refractivity contribution in [3.63, 3.8) is 0 Å². The molecule has 0 saturated carbocycles. The molecule has 2 aromatic heterocycles. The number of nitrogens with one attached hydrogen (secondary N) is 1. The molecular formula is C18H20N4O2. The van der Waals surface area contributed by atoms with Crippen LogP contribution in [0.25, 0.3) is 17.3 Å². The molecule has 124 valence electrons. The molecule has 0 bridgehead atoms. The highest BCUT2D eigenvalue weighted by Gasteiger charge is 2.23. The lowest BCUT2D eigenvalue weighted by atomic mass is 10.1. The molecule has 0 aliphatic heterocycles. The van der Waals surface area contributed by atoms with Gasteiger partial charge >= 0.3 is 0 Å². The molecule has 0 aliphatic rings. The molecule has 2 heterocycles. The normalized spacial score (nSPS) is 11.5. The van der Waals surface area contributed by atoms with Gasteiger partial charge in [-0.05, 0) is 57.5 Å². The van der Waals surface area contributed by atoms with E-state index >= 15 is 0 Å². The fourth-order valence-electron chi connectivity index (χ4n) is 2.31. The Morgan fingerprint density at radius 2 is 2.00 bits per heavy atom. The second kappa shape index (κ2) is 5.96. The molecule has 0 radical (unpaired) electrons. The molecule has 3 aromatic rings. The molecule has 0 fully saturated rings. The van der Waals surface area contributed by atoms with Gasteiger partial charge in [0.1, 0.15) is 0 Å². The highest BCUT2D eigenvalue weighted by molar-refractivity contribution is 5.91. The number of aryl methyl sites for hydroxylation is 1. The van der Waals surface area contributed by atoms with Gasteiger partial charge in [-0.1, -0.05) is 12.1 Å². The van der Waals surface area contributed by atoms with Crippen LogP contribution in [0.5, 0.6) is 0 Å². The topological polar surface area (TPSA) is 73.0 Å². The number of amides is 1. The maximum absolute atomic E-state index is 12.4. The molecule has 6 nitrogen and oxygen atoms in total. The second-order valence-corrected chi connectivity index (χ2v) is 6.69. The summed E-state index contributed by atoms with van der Waals surface area (Å²) < 4.78 is 7.08. The smallest absolute Gasteiger partial charge is 0.291 e. The number of hydrogen-bond acceptors (Lipinski definition) is 4. The number of aromatic nitrogens is 3. The third-order valence-electron chi connectivity index (χ3n) is 3.29. The van der Waals surface area contributed by atoms with Gasteiger partial charge in [0.05, 0.1) is 12.0 Å². The molecule has 24 heavy (non-hydrogen) atoms. The summed E-state index contributed by atoms with van der Waals surface area (Å²) in [6.45, 7) is 7.74. The highest BCUT2D eigenvalue weighted by Crippen LogP contribution is 2.22. The van der Waals surface area contributed by atoms with Gasteiger partial charge in [0, 0.05) is 5.54 Å². The summed E-state index contributed by atoms with van der Waals surface area (Å²) in [5.74, 6) is 0.836. The van der Waals surface area contributed by atoms with Crippen LogP contribution in [0.2, 0.25) is 0 Å². The Bertz CT molecular complexity index is 858. The van der Waals surface area contributed by atoms with Crippen molar-refractivity contribution in [3.05, 3.63) is 54.0 Å². The molecule has 6 heteroatoms. The monoisotopic (exact) mass is 324 g/mol. The van der Waals surface area contributed by atoms with E-state index in [9.17, 15) is 4.79 Å². The van der Waals surface area contributed by atoms with E-state index in [1.165, 1.54) is 0 Å². The standard InChI is InChI=1S/C18H20N4O2/c1-12-7-5-8-13(11-12)22-16(14-9-6-10-24-14)19-15(21-22)17(23)20-18(2,3)4/h5-11H,1-4H3,(H,20,23). The Balaban J connectivity index is 2.08. The van der Waals surface area contributed by atoms with E-state index in [0.717, 1.165) is 11.3 Å². The summed E-state index contributed by atoms with van der Waals surface area (Å²) in [6, 6.07) is 11.4. The van der Waals surface area contributed by atoms with Crippen LogP contribution in [0, 0.1) is 6.92 Å². The Kier molecular flexibility index (Phi) is 3.97. The van der Waals surface area contributed by atoms with E-state index in [4.69, 9.17) is 4.42 Å². The van der Waals surface area contributed by atoms with Crippen molar-refractivity contribution in [1.29, 1.82) is 0 Å².